The zero-order valence-corrected chi connectivity index (χ0v) is 9.78. The first kappa shape index (κ1) is 11.2. The molecule has 1 rings (SSSR count). The van der Waals surface area contributed by atoms with E-state index in [0.29, 0.717) is 0 Å². The highest BCUT2D eigenvalue weighted by molar-refractivity contribution is 6.56. The molecule has 0 bridgehead atoms. The van der Waals surface area contributed by atoms with E-state index in [0.717, 1.165) is 6.20 Å². The lowest BCUT2D eigenvalue weighted by atomic mass is 10.2. The molecular formula is C9H12F3NSi. The number of rotatable bonds is 1. The van der Waals surface area contributed by atoms with Crippen molar-refractivity contribution < 1.29 is 13.2 Å². The summed E-state index contributed by atoms with van der Waals surface area (Å²) in [6.45, 7) is 5.66. The van der Waals surface area contributed by atoms with Crippen LogP contribution in [-0.4, -0.2) is 14.5 Å². The fourth-order valence-electron chi connectivity index (χ4n) is 1.17. The summed E-state index contributed by atoms with van der Waals surface area (Å²) in [4.78, 5) is 2.97. The number of pyridine rings is 1. The molecule has 0 spiro atoms. The van der Waals surface area contributed by atoms with Gasteiger partial charge in [-0.15, -0.1) is 0 Å². The molecule has 1 heterocycles. The lowest BCUT2D eigenvalue weighted by Crippen LogP contribution is -2.30. The highest BCUT2D eigenvalue weighted by Gasteiger charge is 2.21. The Bertz CT molecular complexity index is 347. The molecule has 0 aliphatic heterocycles. The van der Waals surface area contributed by atoms with Crippen molar-refractivity contribution in [3.8, 4) is 0 Å². The van der Waals surface area contributed by atoms with Crippen molar-refractivity contribution >= 4 is 14.7 Å². The summed E-state index contributed by atoms with van der Waals surface area (Å²) in [6.07, 6.45) is 0.743. The minimum absolute atomic E-state index is 0.0926. The SMILES string of the molecule is CC(C)(C)[SiH2]c1c(F)cnc(F)c1F. The van der Waals surface area contributed by atoms with Gasteiger partial charge in [-0.2, -0.15) is 4.39 Å². The average molecular weight is 219 g/mol. The van der Waals surface area contributed by atoms with Gasteiger partial charge in [0.1, 0.15) is 5.82 Å². The van der Waals surface area contributed by atoms with Crippen LogP contribution >= 0.6 is 0 Å². The van der Waals surface area contributed by atoms with Crippen LogP contribution in [-0.2, 0) is 0 Å². The maximum atomic E-state index is 13.2. The Balaban J connectivity index is 3.13. The van der Waals surface area contributed by atoms with Crippen LogP contribution < -0.4 is 5.19 Å². The van der Waals surface area contributed by atoms with Gasteiger partial charge in [-0.25, -0.2) is 13.8 Å². The normalized spacial score (nSPS) is 12.7. The molecule has 1 aromatic rings. The van der Waals surface area contributed by atoms with Gasteiger partial charge in [0.05, 0.1) is 15.7 Å². The van der Waals surface area contributed by atoms with E-state index >= 15 is 0 Å². The third kappa shape index (κ3) is 2.57. The molecule has 0 atom stereocenters. The minimum atomic E-state index is -1.21. The number of aromatic nitrogens is 1. The summed E-state index contributed by atoms with van der Waals surface area (Å²) in [5.74, 6) is -3.06. The first-order valence-corrected chi connectivity index (χ1v) is 5.71. The zero-order chi connectivity index (χ0) is 10.9. The van der Waals surface area contributed by atoms with Gasteiger partial charge in [0.25, 0.3) is 0 Å². The van der Waals surface area contributed by atoms with E-state index in [9.17, 15) is 13.2 Å². The van der Waals surface area contributed by atoms with E-state index in [4.69, 9.17) is 0 Å². The van der Waals surface area contributed by atoms with Gasteiger partial charge in [0, 0.05) is 5.19 Å². The molecule has 0 unspecified atom stereocenters. The first-order chi connectivity index (χ1) is 6.31. The number of hydrogen-bond donors (Lipinski definition) is 0. The second-order valence-electron chi connectivity index (χ2n) is 4.43. The van der Waals surface area contributed by atoms with E-state index in [1.807, 2.05) is 20.8 Å². The molecule has 0 N–H and O–H groups in total. The fraction of sp³-hybridized carbons (Fsp3) is 0.444. The van der Waals surface area contributed by atoms with Crippen LogP contribution in [0.15, 0.2) is 6.20 Å². The summed E-state index contributed by atoms with van der Waals surface area (Å²) in [5.41, 5.74) is 0. The molecule has 0 aliphatic rings. The van der Waals surface area contributed by atoms with Crippen molar-refractivity contribution in [2.24, 2.45) is 0 Å². The zero-order valence-electron chi connectivity index (χ0n) is 8.37. The lowest BCUT2D eigenvalue weighted by molar-refractivity contribution is 0.471. The van der Waals surface area contributed by atoms with Gasteiger partial charge in [-0.3, -0.25) is 0 Å². The largest absolute Gasteiger partial charge is 0.248 e. The summed E-state index contributed by atoms with van der Waals surface area (Å²) < 4.78 is 39.0. The number of halogens is 3. The van der Waals surface area contributed by atoms with Gasteiger partial charge in [-0.1, -0.05) is 20.8 Å². The highest BCUT2D eigenvalue weighted by atomic mass is 28.2. The summed E-state index contributed by atoms with van der Waals surface area (Å²) in [5, 5.41) is -0.250. The first-order valence-electron chi connectivity index (χ1n) is 4.29. The molecule has 1 aromatic heterocycles. The standard InChI is InChI=1S/C9H12F3NSi/c1-9(2,3)14-7-5(10)4-13-8(12)6(7)11/h4H,14H2,1-3H3. The second kappa shape index (κ2) is 3.72. The van der Waals surface area contributed by atoms with E-state index < -0.39 is 27.1 Å². The highest BCUT2D eigenvalue weighted by Crippen LogP contribution is 2.20. The summed E-state index contributed by atoms with van der Waals surface area (Å²) in [6, 6.07) is 0. The van der Waals surface area contributed by atoms with Gasteiger partial charge in [0.15, 0.2) is 5.82 Å². The molecule has 0 saturated carbocycles. The molecule has 0 aromatic carbocycles. The van der Waals surface area contributed by atoms with E-state index in [1.165, 1.54) is 0 Å². The topological polar surface area (TPSA) is 12.9 Å². The third-order valence-electron chi connectivity index (χ3n) is 1.73. The summed E-state index contributed by atoms with van der Waals surface area (Å²) >= 11 is 0. The number of hydrogen-bond acceptors (Lipinski definition) is 1. The van der Waals surface area contributed by atoms with Crippen molar-refractivity contribution in [1.29, 1.82) is 0 Å². The quantitative estimate of drug-likeness (QED) is 0.515. The van der Waals surface area contributed by atoms with Gasteiger partial charge in [0.2, 0.25) is 5.95 Å². The Morgan fingerprint density at radius 2 is 1.79 bits per heavy atom. The molecule has 5 heteroatoms. The van der Waals surface area contributed by atoms with Crippen LogP contribution in [0.1, 0.15) is 20.8 Å². The van der Waals surface area contributed by atoms with Gasteiger partial charge >= 0.3 is 0 Å². The molecule has 0 aliphatic carbocycles. The molecule has 0 amide bonds. The van der Waals surface area contributed by atoms with Crippen molar-refractivity contribution in [2.75, 3.05) is 0 Å². The van der Waals surface area contributed by atoms with E-state index in [2.05, 4.69) is 4.98 Å². The average Bonchev–Trinajstić information content (AvgIpc) is 2.04. The maximum Gasteiger partial charge on any atom is 0.248 e. The van der Waals surface area contributed by atoms with Crippen molar-refractivity contribution in [1.82, 2.24) is 4.98 Å². The lowest BCUT2D eigenvalue weighted by Gasteiger charge is -2.17. The summed E-state index contributed by atoms with van der Waals surface area (Å²) in [7, 11) is -1.18. The monoisotopic (exact) mass is 219 g/mol. The van der Waals surface area contributed by atoms with Crippen molar-refractivity contribution in [3.63, 3.8) is 0 Å². The van der Waals surface area contributed by atoms with Crippen LogP contribution in [0.3, 0.4) is 0 Å². The Labute approximate surface area is 83.2 Å². The van der Waals surface area contributed by atoms with E-state index in [-0.39, 0.29) is 10.2 Å². The predicted molar refractivity (Wildman–Crippen MR) is 52.0 cm³/mol. The van der Waals surface area contributed by atoms with Crippen molar-refractivity contribution in [2.45, 2.75) is 25.8 Å². The third-order valence-corrected chi connectivity index (χ3v) is 3.80. The molecule has 78 valence electrons. The number of nitrogens with zero attached hydrogens (tertiary/aromatic N) is 1. The molecule has 0 fully saturated rings. The minimum Gasteiger partial charge on any atom is -0.223 e. The van der Waals surface area contributed by atoms with Gasteiger partial charge in [-0.05, 0) is 5.04 Å². The molecule has 0 radical (unpaired) electrons. The van der Waals surface area contributed by atoms with Crippen LogP contribution in [0.5, 0.6) is 0 Å². The Morgan fingerprint density at radius 1 is 1.21 bits per heavy atom. The van der Waals surface area contributed by atoms with Gasteiger partial charge < -0.3 is 0 Å². The smallest absolute Gasteiger partial charge is 0.223 e. The Kier molecular flexibility index (Phi) is 2.99. The molecule has 0 saturated heterocycles. The molecule has 14 heavy (non-hydrogen) atoms. The Morgan fingerprint density at radius 3 is 2.29 bits per heavy atom. The molecule has 1 nitrogen and oxygen atoms in total. The van der Waals surface area contributed by atoms with Crippen LogP contribution in [0.25, 0.3) is 0 Å². The Hall–Kier alpha value is -0.843. The second-order valence-corrected chi connectivity index (χ2v) is 7.61. The molecular weight excluding hydrogens is 207 g/mol. The predicted octanol–water partition coefficient (Wildman–Crippen LogP) is 1.51. The van der Waals surface area contributed by atoms with Crippen LogP contribution in [0.4, 0.5) is 13.2 Å². The van der Waals surface area contributed by atoms with Crippen LogP contribution in [0.2, 0.25) is 5.04 Å². The fourth-order valence-corrected chi connectivity index (χ4v) is 2.79. The van der Waals surface area contributed by atoms with Crippen LogP contribution in [0, 0.1) is 17.6 Å². The van der Waals surface area contributed by atoms with E-state index in [1.54, 1.807) is 0 Å². The van der Waals surface area contributed by atoms with Crippen molar-refractivity contribution in [3.05, 3.63) is 23.8 Å². The maximum absolute atomic E-state index is 13.2.